The van der Waals surface area contributed by atoms with E-state index >= 15 is 0 Å². The van der Waals surface area contributed by atoms with Crippen molar-refractivity contribution in [2.24, 2.45) is 0 Å². The number of hydrogen-bond acceptors (Lipinski definition) is 4. The number of rotatable bonds is 7. The Bertz CT molecular complexity index is 874. The Morgan fingerprint density at radius 1 is 1.16 bits per heavy atom. The van der Waals surface area contributed by atoms with Crippen LogP contribution < -0.4 is 5.32 Å². The molecule has 0 unspecified atom stereocenters. The van der Waals surface area contributed by atoms with E-state index in [1.165, 1.54) is 4.88 Å². The largest absolute Gasteiger partial charge is 0.455 e. The molecule has 1 atom stereocenters. The van der Waals surface area contributed by atoms with Gasteiger partial charge in [-0.25, -0.2) is 0 Å². The van der Waals surface area contributed by atoms with Crippen LogP contribution in [0.2, 0.25) is 5.02 Å². The highest BCUT2D eigenvalue weighted by molar-refractivity contribution is 7.84. The lowest BCUT2D eigenvalue weighted by atomic mass is 10.3. The van der Waals surface area contributed by atoms with Gasteiger partial charge in [0.05, 0.1) is 26.5 Å². The van der Waals surface area contributed by atoms with E-state index in [0.717, 1.165) is 6.42 Å². The first-order valence-corrected chi connectivity index (χ1v) is 10.2. The van der Waals surface area contributed by atoms with Gasteiger partial charge in [0.2, 0.25) is 0 Å². The summed E-state index contributed by atoms with van der Waals surface area (Å²) in [5.41, 5.74) is 0. The molecular weight excluding hydrogens is 378 g/mol. The van der Waals surface area contributed by atoms with E-state index in [4.69, 9.17) is 16.0 Å². The number of benzene rings is 1. The summed E-state index contributed by atoms with van der Waals surface area (Å²) >= 11 is 7.71. The first-order chi connectivity index (χ1) is 12.1. The van der Waals surface area contributed by atoms with E-state index in [1.807, 2.05) is 17.5 Å². The van der Waals surface area contributed by atoms with Gasteiger partial charge in [-0.1, -0.05) is 29.8 Å². The minimum Gasteiger partial charge on any atom is -0.455 e. The summed E-state index contributed by atoms with van der Waals surface area (Å²) in [5.74, 6) is 0.608. The standard InChI is InChI=1S/C18H16ClNO3S2/c19-15-5-1-2-6-17(15)25(22)12-13-7-8-16(23-13)18(21)20-10-9-14-4-3-11-24-14/h1-8,11H,9-10,12H2,(H,20,21)/t25-/m0/s1. The van der Waals surface area contributed by atoms with Gasteiger partial charge < -0.3 is 9.73 Å². The highest BCUT2D eigenvalue weighted by atomic mass is 35.5. The molecule has 2 aromatic heterocycles. The fourth-order valence-corrected chi connectivity index (χ4v) is 4.44. The molecule has 0 bridgehead atoms. The topological polar surface area (TPSA) is 59.3 Å². The molecule has 3 rings (SSSR count). The van der Waals surface area contributed by atoms with Gasteiger partial charge >= 0.3 is 0 Å². The molecule has 130 valence electrons. The zero-order valence-electron chi connectivity index (χ0n) is 13.2. The molecular formula is C18H16ClNO3S2. The van der Waals surface area contributed by atoms with Crippen LogP contribution in [-0.2, 0) is 23.0 Å². The van der Waals surface area contributed by atoms with Crippen molar-refractivity contribution >= 4 is 39.6 Å². The third-order valence-corrected chi connectivity index (χ3v) is 6.25. The number of halogens is 1. The average Bonchev–Trinajstić information content (AvgIpc) is 3.27. The Hall–Kier alpha value is -1.89. The van der Waals surface area contributed by atoms with Gasteiger partial charge in [0, 0.05) is 11.4 Å². The maximum atomic E-state index is 12.4. The van der Waals surface area contributed by atoms with Crippen LogP contribution in [0.5, 0.6) is 0 Å². The van der Waals surface area contributed by atoms with E-state index in [9.17, 15) is 9.00 Å². The van der Waals surface area contributed by atoms with Crippen LogP contribution in [0.15, 0.2) is 63.2 Å². The summed E-state index contributed by atoms with van der Waals surface area (Å²) < 4.78 is 17.9. The maximum absolute atomic E-state index is 12.4. The molecule has 1 aromatic carbocycles. The minimum absolute atomic E-state index is 0.173. The molecule has 25 heavy (non-hydrogen) atoms. The molecule has 0 aliphatic rings. The summed E-state index contributed by atoms with van der Waals surface area (Å²) in [7, 11) is -1.33. The van der Waals surface area contributed by atoms with Crippen LogP contribution in [0.25, 0.3) is 0 Å². The van der Waals surface area contributed by atoms with Gasteiger partial charge in [0.25, 0.3) is 5.91 Å². The predicted octanol–water partition coefficient (Wildman–Crippen LogP) is 4.27. The zero-order chi connectivity index (χ0) is 17.6. The zero-order valence-corrected chi connectivity index (χ0v) is 15.6. The first kappa shape index (κ1) is 17.9. The van der Waals surface area contributed by atoms with E-state index in [-0.39, 0.29) is 17.4 Å². The summed E-state index contributed by atoms with van der Waals surface area (Å²) in [6.07, 6.45) is 0.785. The molecule has 4 nitrogen and oxygen atoms in total. The molecule has 0 aliphatic heterocycles. The number of nitrogens with one attached hydrogen (secondary N) is 1. The highest BCUT2D eigenvalue weighted by Crippen LogP contribution is 2.22. The van der Waals surface area contributed by atoms with E-state index < -0.39 is 10.8 Å². The Labute approximate surface area is 157 Å². The molecule has 0 radical (unpaired) electrons. The van der Waals surface area contributed by atoms with Crippen molar-refractivity contribution in [3.63, 3.8) is 0 Å². The third-order valence-electron chi connectivity index (χ3n) is 3.48. The monoisotopic (exact) mass is 393 g/mol. The molecule has 0 fully saturated rings. The summed E-state index contributed by atoms with van der Waals surface area (Å²) in [4.78, 5) is 13.9. The number of amides is 1. The van der Waals surface area contributed by atoms with E-state index in [2.05, 4.69) is 5.32 Å². The number of carbonyl (C=O) groups is 1. The number of hydrogen-bond donors (Lipinski definition) is 1. The van der Waals surface area contributed by atoms with Crippen LogP contribution in [0.1, 0.15) is 21.2 Å². The fourth-order valence-electron chi connectivity index (χ4n) is 2.26. The lowest BCUT2D eigenvalue weighted by Gasteiger charge is -2.03. The summed E-state index contributed by atoms with van der Waals surface area (Å²) in [5, 5.41) is 5.29. The molecule has 0 aliphatic carbocycles. The first-order valence-electron chi connectivity index (χ1n) is 7.65. The van der Waals surface area contributed by atoms with Crippen molar-refractivity contribution in [3.8, 4) is 0 Å². The Morgan fingerprint density at radius 2 is 2.00 bits per heavy atom. The molecule has 1 amide bonds. The smallest absolute Gasteiger partial charge is 0.287 e. The van der Waals surface area contributed by atoms with Gasteiger partial charge in [-0.15, -0.1) is 11.3 Å². The second-order valence-electron chi connectivity index (χ2n) is 5.27. The molecule has 3 aromatic rings. The van der Waals surface area contributed by atoms with Gasteiger partial charge in [-0.2, -0.15) is 0 Å². The van der Waals surface area contributed by atoms with E-state index in [1.54, 1.807) is 47.7 Å². The Morgan fingerprint density at radius 3 is 2.76 bits per heavy atom. The molecule has 7 heteroatoms. The van der Waals surface area contributed by atoms with Crippen molar-refractivity contribution < 1.29 is 13.4 Å². The van der Waals surface area contributed by atoms with Crippen LogP contribution in [0.3, 0.4) is 0 Å². The average molecular weight is 394 g/mol. The SMILES string of the molecule is O=C(NCCc1cccs1)c1ccc(C[S@](=O)c2ccccc2Cl)o1. The van der Waals surface area contributed by atoms with Crippen LogP contribution in [0.4, 0.5) is 0 Å². The van der Waals surface area contributed by atoms with Gasteiger partial charge in [-0.3, -0.25) is 9.00 Å². The predicted molar refractivity (Wildman–Crippen MR) is 101 cm³/mol. The number of furan rings is 1. The number of carbonyl (C=O) groups excluding carboxylic acids is 1. The van der Waals surface area contributed by atoms with Crippen molar-refractivity contribution in [1.82, 2.24) is 5.32 Å². The second-order valence-corrected chi connectivity index (χ2v) is 8.13. The quantitative estimate of drug-likeness (QED) is 0.651. The van der Waals surface area contributed by atoms with Crippen molar-refractivity contribution in [1.29, 1.82) is 0 Å². The van der Waals surface area contributed by atoms with E-state index in [0.29, 0.717) is 22.2 Å². The minimum atomic E-state index is -1.33. The normalized spacial score (nSPS) is 12.0. The van der Waals surface area contributed by atoms with Gasteiger partial charge in [0.1, 0.15) is 5.76 Å². The van der Waals surface area contributed by atoms with Crippen LogP contribution in [0, 0.1) is 0 Å². The Kier molecular flexibility index (Phi) is 6.07. The summed E-state index contributed by atoms with van der Waals surface area (Å²) in [6.45, 7) is 0.543. The Balaban J connectivity index is 1.55. The van der Waals surface area contributed by atoms with Gasteiger partial charge in [0.15, 0.2) is 5.76 Å². The van der Waals surface area contributed by atoms with Gasteiger partial charge in [-0.05, 0) is 42.1 Å². The second kappa shape index (κ2) is 8.47. The van der Waals surface area contributed by atoms with Crippen molar-refractivity contribution in [2.75, 3.05) is 6.54 Å². The third kappa shape index (κ3) is 4.81. The van der Waals surface area contributed by atoms with Crippen molar-refractivity contribution in [2.45, 2.75) is 17.1 Å². The lowest BCUT2D eigenvalue weighted by Crippen LogP contribution is -2.25. The summed E-state index contributed by atoms with van der Waals surface area (Å²) in [6, 6.07) is 14.3. The van der Waals surface area contributed by atoms with Crippen LogP contribution >= 0.6 is 22.9 Å². The molecule has 1 N–H and O–H groups in total. The van der Waals surface area contributed by atoms with Crippen molar-refractivity contribution in [3.05, 3.63) is 75.3 Å². The molecule has 0 saturated heterocycles. The lowest BCUT2D eigenvalue weighted by molar-refractivity contribution is 0.0925. The molecule has 2 heterocycles. The fraction of sp³-hybridized carbons (Fsp3) is 0.167. The molecule has 0 saturated carbocycles. The molecule has 0 spiro atoms. The highest BCUT2D eigenvalue weighted by Gasteiger charge is 2.14. The van der Waals surface area contributed by atoms with Crippen LogP contribution in [-0.4, -0.2) is 16.7 Å². The maximum Gasteiger partial charge on any atom is 0.287 e. The number of thiophene rings is 1.